The van der Waals surface area contributed by atoms with Crippen LogP contribution in [0.1, 0.15) is 42.0 Å². The molecule has 20 heavy (non-hydrogen) atoms. The van der Waals surface area contributed by atoms with Crippen molar-refractivity contribution in [3.63, 3.8) is 0 Å². The number of carbonyl (C=O) groups excluding carboxylic acids is 1. The SMILES string of the molecule is CCn1c(C)cc(C(=O)N2CCC(C)(C(=O)O)C2)c1C. The smallest absolute Gasteiger partial charge is 0.311 e. The lowest BCUT2D eigenvalue weighted by Gasteiger charge is -2.20. The van der Waals surface area contributed by atoms with E-state index in [1.165, 1.54) is 0 Å². The molecule has 1 aliphatic rings. The average molecular weight is 278 g/mol. The van der Waals surface area contributed by atoms with Gasteiger partial charge in [0, 0.05) is 31.0 Å². The number of aryl methyl sites for hydroxylation is 1. The summed E-state index contributed by atoms with van der Waals surface area (Å²) < 4.78 is 2.10. The first-order valence-corrected chi connectivity index (χ1v) is 6.99. The molecule has 110 valence electrons. The second-order valence-corrected chi connectivity index (χ2v) is 5.87. The number of hydrogen-bond donors (Lipinski definition) is 1. The van der Waals surface area contributed by atoms with E-state index in [0.717, 1.165) is 17.9 Å². The molecule has 0 radical (unpaired) electrons. The molecule has 5 heteroatoms. The van der Waals surface area contributed by atoms with Gasteiger partial charge >= 0.3 is 5.97 Å². The summed E-state index contributed by atoms with van der Waals surface area (Å²) >= 11 is 0. The second kappa shape index (κ2) is 4.96. The first-order chi connectivity index (χ1) is 9.30. The minimum atomic E-state index is -0.827. The molecule has 0 spiro atoms. The third-order valence-corrected chi connectivity index (χ3v) is 4.40. The van der Waals surface area contributed by atoms with Crippen LogP contribution < -0.4 is 0 Å². The van der Waals surface area contributed by atoms with E-state index < -0.39 is 11.4 Å². The van der Waals surface area contributed by atoms with Crippen molar-refractivity contribution in [2.75, 3.05) is 13.1 Å². The summed E-state index contributed by atoms with van der Waals surface area (Å²) in [5.41, 5.74) is 1.90. The van der Waals surface area contributed by atoms with Gasteiger partial charge in [-0.3, -0.25) is 9.59 Å². The monoisotopic (exact) mass is 278 g/mol. The maximum Gasteiger partial charge on any atom is 0.311 e. The first-order valence-electron chi connectivity index (χ1n) is 6.99. The predicted molar refractivity (Wildman–Crippen MR) is 75.8 cm³/mol. The summed E-state index contributed by atoms with van der Waals surface area (Å²) in [7, 11) is 0. The lowest BCUT2D eigenvalue weighted by molar-refractivity contribution is -0.147. The molecule has 1 amide bonds. The molecule has 1 aliphatic heterocycles. The van der Waals surface area contributed by atoms with Gasteiger partial charge in [0.15, 0.2) is 0 Å². The minimum absolute atomic E-state index is 0.0530. The fourth-order valence-electron chi connectivity index (χ4n) is 2.98. The molecule has 1 aromatic rings. The van der Waals surface area contributed by atoms with Crippen LogP contribution in [0.25, 0.3) is 0 Å². The number of hydrogen-bond acceptors (Lipinski definition) is 2. The Morgan fingerprint density at radius 1 is 1.40 bits per heavy atom. The highest BCUT2D eigenvalue weighted by molar-refractivity contribution is 5.96. The molecular weight excluding hydrogens is 256 g/mol. The Morgan fingerprint density at radius 3 is 2.50 bits per heavy atom. The minimum Gasteiger partial charge on any atom is -0.481 e. The van der Waals surface area contributed by atoms with Gasteiger partial charge in [-0.25, -0.2) is 0 Å². The number of carboxylic acids is 1. The number of carboxylic acid groups (broad SMARTS) is 1. The van der Waals surface area contributed by atoms with Crippen LogP contribution >= 0.6 is 0 Å². The summed E-state index contributed by atoms with van der Waals surface area (Å²) in [6, 6.07) is 1.90. The molecule has 1 fully saturated rings. The summed E-state index contributed by atoms with van der Waals surface area (Å²) in [6.07, 6.45) is 0.514. The van der Waals surface area contributed by atoms with Crippen molar-refractivity contribution in [1.82, 2.24) is 9.47 Å². The van der Waals surface area contributed by atoms with Crippen molar-refractivity contribution < 1.29 is 14.7 Å². The van der Waals surface area contributed by atoms with Gasteiger partial charge in [0.05, 0.1) is 11.0 Å². The maximum atomic E-state index is 12.6. The van der Waals surface area contributed by atoms with Crippen LogP contribution in [-0.2, 0) is 11.3 Å². The van der Waals surface area contributed by atoms with E-state index in [9.17, 15) is 14.7 Å². The van der Waals surface area contributed by atoms with Crippen LogP contribution in [0.3, 0.4) is 0 Å². The van der Waals surface area contributed by atoms with E-state index in [1.54, 1.807) is 11.8 Å². The molecule has 1 atom stereocenters. The van der Waals surface area contributed by atoms with Crippen LogP contribution in [-0.4, -0.2) is 39.5 Å². The van der Waals surface area contributed by atoms with E-state index in [2.05, 4.69) is 4.57 Å². The molecule has 0 bridgehead atoms. The lowest BCUT2D eigenvalue weighted by atomic mass is 9.90. The number of aromatic nitrogens is 1. The van der Waals surface area contributed by atoms with Crippen molar-refractivity contribution in [3.05, 3.63) is 23.0 Å². The van der Waals surface area contributed by atoms with Gasteiger partial charge in [0.25, 0.3) is 5.91 Å². The van der Waals surface area contributed by atoms with Crippen LogP contribution in [0.5, 0.6) is 0 Å². The van der Waals surface area contributed by atoms with Gasteiger partial charge in [-0.05, 0) is 40.2 Å². The van der Waals surface area contributed by atoms with Crippen LogP contribution in [0.2, 0.25) is 0 Å². The van der Waals surface area contributed by atoms with E-state index in [4.69, 9.17) is 0 Å². The Bertz CT molecular complexity index is 562. The van der Waals surface area contributed by atoms with Gasteiger partial charge in [-0.1, -0.05) is 0 Å². The van der Waals surface area contributed by atoms with E-state index in [0.29, 0.717) is 18.5 Å². The zero-order chi connectivity index (χ0) is 15.1. The molecule has 1 N–H and O–H groups in total. The van der Waals surface area contributed by atoms with Crippen molar-refractivity contribution in [3.8, 4) is 0 Å². The number of carbonyl (C=O) groups is 2. The number of nitrogens with zero attached hydrogens (tertiary/aromatic N) is 2. The van der Waals surface area contributed by atoms with Gasteiger partial charge in [0.2, 0.25) is 0 Å². The summed E-state index contributed by atoms with van der Waals surface area (Å²) in [4.78, 5) is 25.5. The number of amides is 1. The summed E-state index contributed by atoms with van der Waals surface area (Å²) in [5, 5.41) is 9.24. The van der Waals surface area contributed by atoms with Gasteiger partial charge in [-0.15, -0.1) is 0 Å². The molecule has 1 aromatic heterocycles. The fourth-order valence-corrected chi connectivity index (χ4v) is 2.98. The quantitative estimate of drug-likeness (QED) is 0.920. The molecule has 0 aliphatic carbocycles. The lowest BCUT2D eigenvalue weighted by Crippen LogP contribution is -2.35. The fraction of sp³-hybridized carbons (Fsp3) is 0.600. The van der Waals surface area contributed by atoms with Gasteiger partial charge < -0.3 is 14.6 Å². The van der Waals surface area contributed by atoms with Crippen molar-refractivity contribution in [2.45, 2.75) is 40.7 Å². The second-order valence-electron chi connectivity index (χ2n) is 5.87. The third-order valence-electron chi connectivity index (χ3n) is 4.40. The molecule has 0 aromatic carbocycles. The topological polar surface area (TPSA) is 62.5 Å². The van der Waals surface area contributed by atoms with Crippen LogP contribution in [0.4, 0.5) is 0 Å². The highest BCUT2D eigenvalue weighted by Gasteiger charge is 2.42. The number of rotatable bonds is 3. The average Bonchev–Trinajstić information content (AvgIpc) is 2.91. The highest BCUT2D eigenvalue weighted by atomic mass is 16.4. The zero-order valence-electron chi connectivity index (χ0n) is 12.6. The molecule has 1 saturated heterocycles. The normalized spacial score (nSPS) is 22.3. The Balaban J connectivity index is 2.24. The Kier molecular flexibility index (Phi) is 3.63. The predicted octanol–water partition coefficient (Wildman–Crippen LogP) is 2.06. The van der Waals surface area contributed by atoms with E-state index in [1.807, 2.05) is 26.8 Å². The summed E-state index contributed by atoms with van der Waals surface area (Å²) in [5.74, 6) is -0.880. The largest absolute Gasteiger partial charge is 0.481 e. The first kappa shape index (κ1) is 14.6. The Hall–Kier alpha value is -1.78. The molecule has 5 nitrogen and oxygen atoms in total. The van der Waals surface area contributed by atoms with Crippen molar-refractivity contribution in [2.24, 2.45) is 5.41 Å². The third kappa shape index (κ3) is 2.21. The molecule has 2 rings (SSSR count). The van der Waals surface area contributed by atoms with Crippen LogP contribution in [0.15, 0.2) is 6.07 Å². The number of likely N-dealkylation sites (tertiary alicyclic amines) is 1. The molecule has 0 saturated carbocycles. The van der Waals surface area contributed by atoms with E-state index >= 15 is 0 Å². The zero-order valence-corrected chi connectivity index (χ0v) is 12.6. The number of aliphatic carboxylic acids is 1. The van der Waals surface area contributed by atoms with Gasteiger partial charge in [0.1, 0.15) is 0 Å². The van der Waals surface area contributed by atoms with Gasteiger partial charge in [-0.2, -0.15) is 0 Å². The molecule has 1 unspecified atom stereocenters. The van der Waals surface area contributed by atoms with Crippen molar-refractivity contribution >= 4 is 11.9 Å². The van der Waals surface area contributed by atoms with E-state index in [-0.39, 0.29) is 12.5 Å². The van der Waals surface area contributed by atoms with Crippen LogP contribution in [0, 0.1) is 19.3 Å². The molecular formula is C15H22N2O3. The van der Waals surface area contributed by atoms with Crippen molar-refractivity contribution in [1.29, 1.82) is 0 Å². The Morgan fingerprint density at radius 2 is 2.05 bits per heavy atom. The molecule has 2 heterocycles. The Labute approximate surface area is 119 Å². The summed E-state index contributed by atoms with van der Waals surface area (Å²) in [6.45, 7) is 9.31. The highest BCUT2D eigenvalue weighted by Crippen LogP contribution is 2.31. The maximum absolute atomic E-state index is 12.6. The standard InChI is InChI=1S/C15H22N2O3/c1-5-17-10(2)8-12(11(17)3)13(18)16-7-6-15(4,9-16)14(19)20/h8H,5-7,9H2,1-4H3,(H,19,20).